The van der Waals surface area contributed by atoms with Gasteiger partial charge in [-0.1, -0.05) is 6.07 Å². The molecule has 1 aromatic carbocycles. The topological polar surface area (TPSA) is 29.1 Å². The number of amides is 1. The molecule has 1 aliphatic carbocycles. The molecule has 1 amide bonds. The van der Waals surface area contributed by atoms with Gasteiger partial charge < -0.3 is 5.32 Å². The maximum Gasteiger partial charge on any atom is 0.223 e. The Morgan fingerprint density at radius 1 is 1.33 bits per heavy atom. The number of hydrogen-bond acceptors (Lipinski definition) is 1. The summed E-state index contributed by atoms with van der Waals surface area (Å²) in [6, 6.07) is 3.63. The number of carbonyl (C=O) groups is 1. The predicted molar refractivity (Wildman–Crippen MR) is 50.9 cm³/mol. The number of carbonyl (C=O) groups excluding carboxylic acids is 1. The van der Waals surface area contributed by atoms with Crippen molar-refractivity contribution < 1.29 is 13.6 Å². The van der Waals surface area contributed by atoms with Crippen LogP contribution in [0.3, 0.4) is 0 Å². The first-order valence-electron chi connectivity index (χ1n) is 4.88. The monoisotopic (exact) mass is 211 g/mol. The Labute approximate surface area is 86.3 Å². The summed E-state index contributed by atoms with van der Waals surface area (Å²) < 4.78 is 25.4. The highest BCUT2D eigenvalue weighted by Gasteiger charge is 2.29. The van der Waals surface area contributed by atoms with Crippen LogP contribution >= 0.6 is 0 Å². The minimum Gasteiger partial charge on any atom is -0.352 e. The smallest absolute Gasteiger partial charge is 0.223 e. The van der Waals surface area contributed by atoms with E-state index in [1.165, 1.54) is 6.07 Å². The second kappa shape index (κ2) is 3.96. The van der Waals surface area contributed by atoms with E-state index in [0.29, 0.717) is 5.56 Å². The van der Waals surface area contributed by atoms with E-state index in [0.717, 1.165) is 25.0 Å². The van der Waals surface area contributed by atoms with E-state index in [1.54, 1.807) is 0 Å². The summed E-state index contributed by atoms with van der Waals surface area (Å²) in [6.07, 6.45) is 1.87. The molecule has 4 heteroatoms. The van der Waals surface area contributed by atoms with Gasteiger partial charge in [0.25, 0.3) is 0 Å². The van der Waals surface area contributed by atoms with Gasteiger partial charge in [-0.05, 0) is 30.5 Å². The number of rotatable bonds is 3. The zero-order chi connectivity index (χ0) is 10.8. The molecule has 0 spiro atoms. The van der Waals surface area contributed by atoms with Gasteiger partial charge in [-0.15, -0.1) is 0 Å². The second-order valence-electron chi connectivity index (χ2n) is 3.74. The molecule has 0 radical (unpaired) electrons. The lowest BCUT2D eigenvalue weighted by Crippen LogP contribution is -2.24. The molecular formula is C11H11F2NO. The molecule has 1 aliphatic rings. The third kappa shape index (κ3) is 2.52. The lowest BCUT2D eigenvalue weighted by atomic mass is 10.2. The standard InChI is InChI=1S/C11H11F2NO/c12-9-4-1-7(5-10(9)13)6-14-11(15)8-2-3-8/h1,4-5,8H,2-3,6H2,(H,14,15). The Morgan fingerprint density at radius 2 is 2.07 bits per heavy atom. The molecule has 1 saturated carbocycles. The van der Waals surface area contributed by atoms with E-state index in [9.17, 15) is 13.6 Å². The number of nitrogens with one attached hydrogen (secondary N) is 1. The van der Waals surface area contributed by atoms with Crippen molar-refractivity contribution >= 4 is 5.91 Å². The summed E-state index contributed by atoms with van der Waals surface area (Å²) in [4.78, 5) is 11.3. The largest absolute Gasteiger partial charge is 0.352 e. The summed E-state index contributed by atoms with van der Waals surface area (Å²) in [7, 11) is 0. The zero-order valence-electron chi connectivity index (χ0n) is 8.09. The summed E-state index contributed by atoms with van der Waals surface area (Å²) >= 11 is 0. The van der Waals surface area contributed by atoms with Crippen LogP contribution in [-0.4, -0.2) is 5.91 Å². The molecule has 0 saturated heterocycles. The first-order valence-corrected chi connectivity index (χ1v) is 4.88. The lowest BCUT2D eigenvalue weighted by Gasteiger charge is -2.04. The molecule has 0 unspecified atom stereocenters. The van der Waals surface area contributed by atoms with Crippen molar-refractivity contribution in [3.05, 3.63) is 35.4 Å². The van der Waals surface area contributed by atoms with E-state index in [1.807, 2.05) is 0 Å². The maximum absolute atomic E-state index is 12.8. The molecule has 2 rings (SSSR count). The van der Waals surface area contributed by atoms with Gasteiger partial charge in [-0.25, -0.2) is 8.78 Å². The maximum atomic E-state index is 12.8. The fourth-order valence-electron chi connectivity index (χ4n) is 1.33. The van der Waals surface area contributed by atoms with Crippen LogP contribution in [0.25, 0.3) is 0 Å². The Kier molecular flexibility index (Phi) is 2.66. The third-order valence-electron chi connectivity index (χ3n) is 2.40. The van der Waals surface area contributed by atoms with Gasteiger partial charge in [-0.2, -0.15) is 0 Å². The van der Waals surface area contributed by atoms with Crippen LogP contribution in [0.5, 0.6) is 0 Å². The third-order valence-corrected chi connectivity index (χ3v) is 2.40. The fourth-order valence-corrected chi connectivity index (χ4v) is 1.33. The van der Waals surface area contributed by atoms with Crippen LogP contribution in [0, 0.1) is 17.6 Å². The number of halogens is 2. The average Bonchev–Trinajstić information content (AvgIpc) is 3.03. The highest BCUT2D eigenvalue weighted by Crippen LogP contribution is 2.28. The first-order chi connectivity index (χ1) is 7.16. The SMILES string of the molecule is O=C(NCc1ccc(F)c(F)c1)C1CC1. The van der Waals surface area contributed by atoms with Gasteiger partial charge in [0.1, 0.15) is 0 Å². The van der Waals surface area contributed by atoms with Crippen LogP contribution in [0.1, 0.15) is 18.4 Å². The molecule has 80 valence electrons. The highest BCUT2D eigenvalue weighted by atomic mass is 19.2. The summed E-state index contributed by atoms with van der Waals surface area (Å²) in [5, 5.41) is 2.68. The molecule has 15 heavy (non-hydrogen) atoms. The predicted octanol–water partition coefficient (Wildman–Crippen LogP) is 1.99. The van der Waals surface area contributed by atoms with Crippen LogP contribution in [0.4, 0.5) is 8.78 Å². The Balaban J connectivity index is 1.92. The van der Waals surface area contributed by atoms with Crippen molar-refractivity contribution in [1.29, 1.82) is 0 Å². The Hall–Kier alpha value is -1.45. The van der Waals surface area contributed by atoms with Gasteiger partial charge in [0.05, 0.1) is 0 Å². The molecule has 1 fully saturated rings. The Bertz CT molecular complexity index is 388. The van der Waals surface area contributed by atoms with E-state index in [-0.39, 0.29) is 18.4 Å². The van der Waals surface area contributed by atoms with Crippen molar-refractivity contribution in [1.82, 2.24) is 5.32 Å². The van der Waals surface area contributed by atoms with Gasteiger partial charge in [0.2, 0.25) is 5.91 Å². The summed E-state index contributed by atoms with van der Waals surface area (Å²) in [5.41, 5.74) is 0.572. The molecule has 0 heterocycles. The zero-order valence-corrected chi connectivity index (χ0v) is 8.09. The van der Waals surface area contributed by atoms with Crippen molar-refractivity contribution in [2.45, 2.75) is 19.4 Å². The lowest BCUT2D eigenvalue weighted by molar-refractivity contribution is -0.122. The molecule has 2 nitrogen and oxygen atoms in total. The molecule has 1 N–H and O–H groups in total. The van der Waals surface area contributed by atoms with Gasteiger partial charge in [0.15, 0.2) is 11.6 Å². The Morgan fingerprint density at radius 3 is 2.67 bits per heavy atom. The van der Waals surface area contributed by atoms with E-state index in [2.05, 4.69) is 5.32 Å². The number of hydrogen-bond donors (Lipinski definition) is 1. The molecular weight excluding hydrogens is 200 g/mol. The minimum absolute atomic E-state index is 0.000247. The first kappa shape index (κ1) is 10.1. The van der Waals surface area contributed by atoms with Gasteiger partial charge in [-0.3, -0.25) is 4.79 Å². The van der Waals surface area contributed by atoms with Crippen molar-refractivity contribution in [2.24, 2.45) is 5.92 Å². The second-order valence-corrected chi connectivity index (χ2v) is 3.74. The van der Waals surface area contributed by atoms with Gasteiger partial charge >= 0.3 is 0 Å². The fraction of sp³-hybridized carbons (Fsp3) is 0.364. The van der Waals surface area contributed by atoms with Crippen molar-refractivity contribution in [2.75, 3.05) is 0 Å². The summed E-state index contributed by atoms with van der Waals surface area (Å²) in [5.74, 6) is -1.62. The molecule has 0 aromatic heterocycles. The average molecular weight is 211 g/mol. The van der Waals surface area contributed by atoms with Crippen LogP contribution < -0.4 is 5.32 Å². The van der Waals surface area contributed by atoms with Gasteiger partial charge in [0, 0.05) is 12.5 Å². The van der Waals surface area contributed by atoms with E-state index < -0.39 is 11.6 Å². The molecule has 0 atom stereocenters. The quantitative estimate of drug-likeness (QED) is 0.813. The van der Waals surface area contributed by atoms with Crippen molar-refractivity contribution in [3.8, 4) is 0 Å². The molecule has 1 aromatic rings. The summed E-state index contributed by atoms with van der Waals surface area (Å²) in [6.45, 7) is 0.256. The van der Waals surface area contributed by atoms with E-state index in [4.69, 9.17) is 0 Å². The minimum atomic E-state index is -0.881. The number of benzene rings is 1. The van der Waals surface area contributed by atoms with Crippen LogP contribution in [0.15, 0.2) is 18.2 Å². The van der Waals surface area contributed by atoms with E-state index >= 15 is 0 Å². The van der Waals surface area contributed by atoms with Crippen molar-refractivity contribution in [3.63, 3.8) is 0 Å². The highest BCUT2D eigenvalue weighted by molar-refractivity contribution is 5.80. The van der Waals surface area contributed by atoms with Crippen LogP contribution in [0.2, 0.25) is 0 Å². The molecule has 0 bridgehead atoms. The van der Waals surface area contributed by atoms with Crippen LogP contribution in [-0.2, 0) is 11.3 Å². The normalized spacial score (nSPS) is 15.1. The molecule has 0 aliphatic heterocycles.